The van der Waals surface area contributed by atoms with Crippen molar-refractivity contribution in [2.45, 2.75) is 6.61 Å². The Bertz CT molecular complexity index is 729. The van der Waals surface area contributed by atoms with Gasteiger partial charge in [-0.1, -0.05) is 0 Å². The SMILES string of the molecule is N#Cc1ccc(C(=O)OCc2no[n+]([O-])c2C(N)=O)cc1. The topological polar surface area (TPSA) is 146 Å². The molecular formula is C12H8N4O5. The summed E-state index contributed by atoms with van der Waals surface area (Å²) in [4.78, 5) is 22.6. The van der Waals surface area contributed by atoms with Crippen LogP contribution in [-0.4, -0.2) is 17.0 Å². The van der Waals surface area contributed by atoms with Gasteiger partial charge < -0.3 is 15.7 Å². The van der Waals surface area contributed by atoms with E-state index in [2.05, 4.69) is 9.79 Å². The molecule has 0 saturated carbocycles. The Morgan fingerprint density at radius 1 is 1.43 bits per heavy atom. The highest BCUT2D eigenvalue weighted by atomic mass is 16.8. The maximum absolute atomic E-state index is 11.7. The molecule has 1 aromatic heterocycles. The number of nitriles is 1. The number of nitrogens with two attached hydrogens (primary N) is 1. The predicted octanol–water partition coefficient (Wildman–Crippen LogP) is -0.364. The molecule has 1 heterocycles. The van der Waals surface area contributed by atoms with Gasteiger partial charge in [-0.15, -0.1) is 0 Å². The van der Waals surface area contributed by atoms with Crippen molar-refractivity contribution in [2.75, 3.05) is 0 Å². The van der Waals surface area contributed by atoms with Crippen LogP contribution in [0, 0.1) is 16.5 Å². The molecule has 2 aromatic rings. The van der Waals surface area contributed by atoms with E-state index in [1.165, 1.54) is 24.3 Å². The van der Waals surface area contributed by atoms with Crippen LogP contribution in [0.2, 0.25) is 0 Å². The van der Waals surface area contributed by atoms with Crippen LogP contribution in [0.25, 0.3) is 0 Å². The molecule has 0 aliphatic carbocycles. The van der Waals surface area contributed by atoms with Gasteiger partial charge in [-0.05, 0) is 29.2 Å². The van der Waals surface area contributed by atoms with Crippen molar-refractivity contribution >= 4 is 11.9 Å². The van der Waals surface area contributed by atoms with E-state index in [4.69, 9.17) is 15.7 Å². The molecule has 0 fully saturated rings. The number of benzene rings is 1. The lowest BCUT2D eigenvalue weighted by Crippen LogP contribution is -2.35. The predicted molar refractivity (Wildman–Crippen MR) is 64.3 cm³/mol. The van der Waals surface area contributed by atoms with Gasteiger partial charge in [0.1, 0.15) is 0 Å². The molecular weight excluding hydrogens is 280 g/mol. The van der Waals surface area contributed by atoms with Crippen molar-refractivity contribution in [3.8, 4) is 6.07 Å². The molecule has 2 rings (SSSR count). The van der Waals surface area contributed by atoms with Crippen LogP contribution in [0.1, 0.15) is 32.1 Å². The second-order valence-electron chi connectivity index (χ2n) is 3.85. The Morgan fingerprint density at radius 3 is 2.67 bits per heavy atom. The van der Waals surface area contributed by atoms with Gasteiger partial charge in [-0.2, -0.15) is 5.26 Å². The molecule has 9 nitrogen and oxygen atoms in total. The highest BCUT2D eigenvalue weighted by Gasteiger charge is 2.25. The van der Waals surface area contributed by atoms with E-state index in [-0.39, 0.29) is 16.2 Å². The van der Waals surface area contributed by atoms with Gasteiger partial charge >= 0.3 is 5.97 Å². The molecule has 106 valence electrons. The summed E-state index contributed by atoms with van der Waals surface area (Å²) in [7, 11) is 0. The van der Waals surface area contributed by atoms with Gasteiger partial charge in [-0.3, -0.25) is 9.42 Å². The first-order valence-electron chi connectivity index (χ1n) is 5.58. The smallest absolute Gasteiger partial charge is 0.338 e. The lowest BCUT2D eigenvalue weighted by atomic mass is 10.1. The third-order valence-electron chi connectivity index (χ3n) is 2.50. The summed E-state index contributed by atoms with van der Waals surface area (Å²) in [6, 6.07) is 7.63. The Kier molecular flexibility index (Phi) is 3.80. The highest BCUT2D eigenvalue weighted by molar-refractivity contribution is 5.91. The van der Waals surface area contributed by atoms with E-state index in [1.807, 2.05) is 6.07 Å². The molecule has 1 amide bonds. The molecule has 0 saturated heterocycles. The van der Waals surface area contributed by atoms with Crippen LogP contribution in [0.3, 0.4) is 0 Å². The minimum atomic E-state index is -1.05. The van der Waals surface area contributed by atoms with Crippen molar-refractivity contribution in [1.29, 1.82) is 5.26 Å². The van der Waals surface area contributed by atoms with Gasteiger partial charge in [-0.25, -0.2) is 4.79 Å². The molecule has 0 radical (unpaired) electrons. The average Bonchev–Trinajstić information content (AvgIpc) is 2.86. The van der Waals surface area contributed by atoms with Crippen molar-refractivity contribution < 1.29 is 23.9 Å². The van der Waals surface area contributed by atoms with Gasteiger partial charge in [0.05, 0.1) is 17.2 Å². The van der Waals surface area contributed by atoms with Crippen molar-refractivity contribution in [3.63, 3.8) is 0 Å². The molecule has 21 heavy (non-hydrogen) atoms. The summed E-state index contributed by atoms with van der Waals surface area (Å²) >= 11 is 0. The molecule has 0 aliphatic heterocycles. The second kappa shape index (κ2) is 5.70. The molecule has 0 unspecified atom stereocenters. The van der Waals surface area contributed by atoms with E-state index in [1.54, 1.807) is 0 Å². The van der Waals surface area contributed by atoms with E-state index in [9.17, 15) is 14.8 Å². The minimum absolute atomic E-state index is 0.160. The number of rotatable bonds is 4. The van der Waals surface area contributed by atoms with Gasteiger partial charge in [0, 0.05) is 5.16 Å². The van der Waals surface area contributed by atoms with Crippen molar-refractivity contribution in [1.82, 2.24) is 5.16 Å². The highest BCUT2D eigenvalue weighted by Crippen LogP contribution is 2.08. The third-order valence-corrected chi connectivity index (χ3v) is 2.50. The summed E-state index contributed by atoms with van der Waals surface area (Å²) in [6.07, 6.45) is 0. The van der Waals surface area contributed by atoms with Crippen molar-refractivity contribution in [3.05, 3.63) is 52.0 Å². The minimum Gasteiger partial charge on any atom is -0.453 e. The zero-order valence-electron chi connectivity index (χ0n) is 10.5. The summed E-state index contributed by atoms with van der Waals surface area (Å²) in [5.74, 6) is -1.76. The van der Waals surface area contributed by atoms with Gasteiger partial charge in [0.15, 0.2) is 6.61 Å². The summed E-state index contributed by atoms with van der Waals surface area (Å²) in [6.45, 7) is -0.449. The molecule has 0 atom stereocenters. The fourth-order valence-electron chi connectivity index (χ4n) is 1.50. The molecule has 0 aliphatic rings. The number of aromatic nitrogens is 2. The number of ether oxygens (including phenoxy) is 1. The number of esters is 1. The lowest BCUT2D eigenvalue weighted by molar-refractivity contribution is -0.803. The lowest BCUT2D eigenvalue weighted by Gasteiger charge is -2.01. The summed E-state index contributed by atoms with van der Waals surface area (Å²) in [5.41, 5.74) is 4.87. The monoisotopic (exact) mass is 288 g/mol. The van der Waals surface area contributed by atoms with E-state index < -0.39 is 24.2 Å². The van der Waals surface area contributed by atoms with E-state index in [0.717, 1.165) is 0 Å². The van der Waals surface area contributed by atoms with Crippen LogP contribution in [-0.2, 0) is 11.3 Å². The van der Waals surface area contributed by atoms with Gasteiger partial charge in [0.2, 0.25) is 0 Å². The number of hydrogen-bond acceptors (Lipinski definition) is 7. The Balaban J connectivity index is 2.07. The second-order valence-corrected chi connectivity index (χ2v) is 3.85. The van der Waals surface area contributed by atoms with Crippen LogP contribution < -0.4 is 10.6 Å². The van der Waals surface area contributed by atoms with E-state index in [0.29, 0.717) is 5.56 Å². The number of hydrogen-bond donors (Lipinski definition) is 1. The number of carbonyl (C=O) groups excluding carboxylic acids is 2. The van der Waals surface area contributed by atoms with Crippen LogP contribution in [0.15, 0.2) is 28.9 Å². The Morgan fingerprint density at radius 2 is 2.10 bits per heavy atom. The fourth-order valence-corrected chi connectivity index (χ4v) is 1.50. The number of nitrogens with zero attached hydrogens (tertiary/aromatic N) is 3. The number of primary amides is 1. The summed E-state index contributed by atoms with van der Waals surface area (Å²) in [5, 5.41) is 23.0. The van der Waals surface area contributed by atoms with Crippen LogP contribution in [0.4, 0.5) is 0 Å². The molecule has 1 aromatic carbocycles. The quantitative estimate of drug-likeness (QED) is 0.596. The number of carbonyl (C=O) groups is 2. The first kappa shape index (κ1) is 14.0. The Labute approximate surface area is 117 Å². The first-order valence-corrected chi connectivity index (χ1v) is 5.58. The molecule has 2 N–H and O–H groups in total. The van der Waals surface area contributed by atoms with E-state index >= 15 is 0 Å². The normalized spacial score (nSPS) is 9.86. The molecule has 0 spiro atoms. The number of amides is 1. The maximum Gasteiger partial charge on any atom is 0.338 e. The zero-order valence-corrected chi connectivity index (χ0v) is 10.5. The average molecular weight is 288 g/mol. The largest absolute Gasteiger partial charge is 0.453 e. The Hall–Kier alpha value is -3.41. The summed E-state index contributed by atoms with van der Waals surface area (Å²) < 4.78 is 9.10. The standard InChI is InChI=1S/C12H8N4O5/c13-5-7-1-3-8(4-2-7)12(18)20-6-9-10(11(14)17)16(19)21-15-9/h1-4H,6H2,(H2,14,17). The van der Waals surface area contributed by atoms with Crippen LogP contribution >= 0.6 is 0 Å². The zero-order chi connectivity index (χ0) is 15.4. The fraction of sp³-hybridized carbons (Fsp3) is 0.0833. The maximum atomic E-state index is 11.7. The molecule has 0 bridgehead atoms. The molecule has 9 heteroatoms. The first-order chi connectivity index (χ1) is 10.0. The van der Waals surface area contributed by atoms with Gasteiger partial charge in [0.25, 0.3) is 17.3 Å². The van der Waals surface area contributed by atoms with Crippen LogP contribution in [0.5, 0.6) is 0 Å². The van der Waals surface area contributed by atoms with Crippen molar-refractivity contribution in [2.24, 2.45) is 5.73 Å². The third kappa shape index (κ3) is 2.95.